The van der Waals surface area contributed by atoms with Crippen LogP contribution in [0.5, 0.6) is 5.75 Å². The molecule has 0 bridgehead atoms. The van der Waals surface area contributed by atoms with E-state index >= 15 is 0 Å². The van der Waals surface area contributed by atoms with Gasteiger partial charge < -0.3 is 14.8 Å². The van der Waals surface area contributed by atoms with E-state index in [-0.39, 0.29) is 5.56 Å². The van der Waals surface area contributed by atoms with Gasteiger partial charge in [-0.25, -0.2) is 9.18 Å². The summed E-state index contributed by atoms with van der Waals surface area (Å²) in [6, 6.07) is 11.4. The van der Waals surface area contributed by atoms with E-state index in [0.717, 1.165) is 11.3 Å². The summed E-state index contributed by atoms with van der Waals surface area (Å²) >= 11 is 0. The zero-order valence-electron chi connectivity index (χ0n) is 11.9. The molecule has 1 N–H and O–H groups in total. The summed E-state index contributed by atoms with van der Waals surface area (Å²) in [5.74, 6) is -0.219. The van der Waals surface area contributed by atoms with Gasteiger partial charge in [-0.2, -0.15) is 0 Å². The van der Waals surface area contributed by atoms with Crippen molar-refractivity contribution < 1.29 is 18.7 Å². The van der Waals surface area contributed by atoms with Crippen molar-refractivity contribution in [2.45, 2.75) is 6.54 Å². The average Bonchev–Trinajstić information content (AvgIpc) is 2.52. The van der Waals surface area contributed by atoms with E-state index < -0.39 is 11.8 Å². The molecule has 0 aliphatic rings. The Morgan fingerprint density at radius 2 is 1.95 bits per heavy atom. The largest absolute Gasteiger partial charge is 0.496 e. The minimum absolute atomic E-state index is 0.286. The number of para-hydroxylation sites is 1. The molecular weight excluding hydrogens is 273 g/mol. The van der Waals surface area contributed by atoms with Gasteiger partial charge in [0.15, 0.2) is 0 Å². The van der Waals surface area contributed by atoms with Gasteiger partial charge in [0.05, 0.1) is 25.5 Å². The van der Waals surface area contributed by atoms with Gasteiger partial charge in [0.25, 0.3) is 0 Å². The Labute approximate surface area is 122 Å². The van der Waals surface area contributed by atoms with Crippen LogP contribution in [-0.2, 0) is 11.3 Å². The maximum Gasteiger partial charge on any atom is 0.339 e. The van der Waals surface area contributed by atoms with Gasteiger partial charge in [-0.15, -0.1) is 0 Å². The number of methoxy groups -OCH3 is 2. The summed E-state index contributed by atoms with van der Waals surface area (Å²) in [6.07, 6.45) is 0. The number of rotatable bonds is 5. The average molecular weight is 289 g/mol. The van der Waals surface area contributed by atoms with E-state index in [1.54, 1.807) is 7.11 Å². The van der Waals surface area contributed by atoms with Gasteiger partial charge in [-0.1, -0.05) is 18.2 Å². The molecule has 4 nitrogen and oxygen atoms in total. The van der Waals surface area contributed by atoms with E-state index in [4.69, 9.17) is 4.74 Å². The summed E-state index contributed by atoms with van der Waals surface area (Å²) in [6.45, 7) is 0.400. The molecule has 21 heavy (non-hydrogen) atoms. The number of nitrogens with one attached hydrogen (secondary N) is 1. The quantitative estimate of drug-likeness (QED) is 0.858. The lowest BCUT2D eigenvalue weighted by molar-refractivity contribution is 0.0602. The fraction of sp³-hybridized carbons (Fsp3) is 0.188. The van der Waals surface area contributed by atoms with Crippen LogP contribution in [0, 0.1) is 5.82 Å². The van der Waals surface area contributed by atoms with Crippen molar-refractivity contribution in [1.82, 2.24) is 0 Å². The molecule has 2 aromatic carbocycles. The first-order chi connectivity index (χ1) is 10.2. The number of halogens is 1. The van der Waals surface area contributed by atoms with Crippen molar-refractivity contribution >= 4 is 11.7 Å². The van der Waals surface area contributed by atoms with Crippen LogP contribution in [0.3, 0.4) is 0 Å². The van der Waals surface area contributed by atoms with E-state index in [9.17, 15) is 9.18 Å². The second-order valence-corrected chi connectivity index (χ2v) is 4.35. The number of benzene rings is 2. The molecule has 0 spiro atoms. The summed E-state index contributed by atoms with van der Waals surface area (Å²) in [7, 11) is 2.87. The number of ether oxygens (including phenoxy) is 2. The summed E-state index contributed by atoms with van der Waals surface area (Å²) in [5.41, 5.74) is 1.57. The fourth-order valence-electron chi connectivity index (χ4n) is 1.99. The lowest BCUT2D eigenvalue weighted by Crippen LogP contribution is -2.09. The Morgan fingerprint density at radius 1 is 1.19 bits per heavy atom. The third kappa shape index (κ3) is 3.51. The maximum absolute atomic E-state index is 13.4. The van der Waals surface area contributed by atoms with Crippen LogP contribution in [0.1, 0.15) is 15.9 Å². The zero-order chi connectivity index (χ0) is 15.2. The first-order valence-corrected chi connectivity index (χ1v) is 6.39. The molecular formula is C16H16FNO3. The fourth-order valence-corrected chi connectivity index (χ4v) is 1.99. The highest BCUT2D eigenvalue weighted by Gasteiger charge is 2.13. The van der Waals surface area contributed by atoms with Gasteiger partial charge in [0.1, 0.15) is 11.6 Å². The molecule has 0 aliphatic carbocycles. The van der Waals surface area contributed by atoms with Crippen molar-refractivity contribution in [1.29, 1.82) is 0 Å². The van der Waals surface area contributed by atoms with Gasteiger partial charge in [-0.3, -0.25) is 0 Å². The third-order valence-electron chi connectivity index (χ3n) is 3.05. The molecule has 110 valence electrons. The second kappa shape index (κ2) is 6.74. The highest BCUT2D eigenvalue weighted by molar-refractivity contribution is 5.95. The standard InChI is InChI=1S/C16H16FNO3/c1-20-15-6-4-3-5-11(15)10-18-14-9-12(17)7-8-13(14)16(19)21-2/h3-9,18H,10H2,1-2H3. The minimum Gasteiger partial charge on any atom is -0.496 e. The smallest absolute Gasteiger partial charge is 0.339 e. The monoisotopic (exact) mass is 289 g/mol. The molecule has 5 heteroatoms. The van der Waals surface area contributed by atoms with Gasteiger partial charge in [-0.05, 0) is 24.3 Å². The molecule has 0 atom stereocenters. The van der Waals surface area contributed by atoms with Crippen LogP contribution in [0.2, 0.25) is 0 Å². The lowest BCUT2D eigenvalue weighted by Gasteiger charge is -2.13. The topological polar surface area (TPSA) is 47.6 Å². The van der Waals surface area contributed by atoms with Crippen LogP contribution in [0.15, 0.2) is 42.5 Å². The van der Waals surface area contributed by atoms with Crippen molar-refractivity contribution in [3.63, 3.8) is 0 Å². The third-order valence-corrected chi connectivity index (χ3v) is 3.05. The molecule has 0 aromatic heterocycles. The van der Waals surface area contributed by atoms with Gasteiger partial charge in [0.2, 0.25) is 0 Å². The van der Waals surface area contributed by atoms with Crippen molar-refractivity contribution in [3.8, 4) is 5.75 Å². The number of esters is 1. The van der Waals surface area contributed by atoms with E-state index in [2.05, 4.69) is 10.1 Å². The Kier molecular flexibility index (Phi) is 4.77. The molecule has 0 radical (unpaired) electrons. The van der Waals surface area contributed by atoms with Crippen molar-refractivity contribution in [2.75, 3.05) is 19.5 Å². The van der Waals surface area contributed by atoms with Crippen LogP contribution in [-0.4, -0.2) is 20.2 Å². The highest BCUT2D eigenvalue weighted by atomic mass is 19.1. The lowest BCUT2D eigenvalue weighted by atomic mass is 10.1. The van der Waals surface area contributed by atoms with Gasteiger partial charge >= 0.3 is 5.97 Å². The number of anilines is 1. The number of carbonyl (C=O) groups excluding carboxylic acids is 1. The van der Waals surface area contributed by atoms with Crippen LogP contribution in [0.25, 0.3) is 0 Å². The molecule has 0 heterocycles. The zero-order valence-corrected chi connectivity index (χ0v) is 11.9. The van der Waals surface area contributed by atoms with Crippen molar-refractivity contribution in [3.05, 3.63) is 59.4 Å². The van der Waals surface area contributed by atoms with E-state index in [1.165, 1.54) is 25.3 Å². The molecule has 0 amide bonds. The molecule has 0 saturated heterocycles. The Balaban J connectivity index is 2.23. The summed E-state index contributed by atoms with van der Waals surface area (Å²) in [4.78, 5) is 11.7. The first-order valence-electron chi connectivity index (χ1n) is 6.39. The molecule has 0 fully saturated rings. The van der Waals surface area contributed by atoms with Crippen molar-refractivity contribution in [2.24, 2.45) is 0 Å². The predicted octanol–water partition coefficient (Wildman–Crippen LogP) is 3.23. The number of carbonyl (C=O) groups is 1. The Hall–Kier alpha value is -2.56. The number of hydrogen-bond acceptors (Lipinski definition) is 4. The van der Waals surface area contributed by atoms with Gasteiger partial charge in [0, 0.05) is 12.1 Å². The summed E-state index contributed by atoms with van der Waals surface area (Å²) in [5, 5.41) is 3.04. The van der Waals surface area contributed by atoms with Crippen LogP contribution in [0.4, 0.5) is 10.1 Å². The van der Waals surface area contributed by atoms with Crippen LogP contribution >= 0.6 is 0 Å². The van der Waals surface area contributed by atoms with E-state index in [0.29, 0.717) is 12.2 Å². The Bertz CT molecular complexity index is 643. The van der Waals surface area contributed by atoms with Crippen LogP contribution < -0.4 is 10.1 Å². The Morgan fingerprint density at radius 3 is 2.67 bits per heavy atom. The molecule has 0 unspecified atom stereocenters. The molecule has 2 rings (SSSR count). The van der Waals surface area contributed by atoms with E-state index in [1.807, 2.05) is 24.3 Å². The maximum atomic E-state index is 13.4. The molecule has 2 aromatic rings. The summed E-state index contributed by atoms with van der Waals surface area (Å²) < 4.78 is 23.3. The highest BCUT2D eigenvalue weighted by Crippen LogP contribution is 2.22. The predicted molar refractivity (Wildman–Crippen MR) is 78.1 cm³/mol. The SMILES string of the molecule is COC(=O)c1ccc(F)cc1NCc1ccccc1OC. The minimum atomic E-state index is -0.516. The molecule has 0 aliphatic heterocycles. The second-order valence-electron chi connectivity index (χ2n) is 4.35. The normalized spacial score (nSPS) is 10.0. The first kappa shape index (κ1) is 14.8. The number of hydrogen-bond donors (Lipinski definition) is 1. The molecule has 0 saturated carbocycles.